The van der Waals surface area contributed by atoms with Crippen LogP contribution < -0.4 is 10.5 Å². The number of aromatic nitrogens is 4. The quantitative estimate of drug-likeness (QED) is 0.207. The van der Waals surface area contributed by atoms with Gasteiger partial charge in [0.2, 0.25) is 0 Å². The highest BCUT2D eigenvalue weighted by molar-refractivity contribution is 5.99. The second-order valence-corrected chi connectivity index (χ2v) is 13.3. The Balaban J connectivity index is 1.18. The summed E-state index contributed by atoms with van der Waals surface area (Å²) >= 11 is 0. The number of hydrogen-bond acceptors (Lipinski definition) is 10. The Morgan fingerprint density at radius 1 is 1.06 bits per heavy atom. The number of nitrogen functional groups attached to an aromatic ring is 1. The largest absolute Gasteiger partial charge is 0.457 e. The highest BCUT2D eigenvalue weighted by Gasteiger charge is 2.37. The fourth-order valence-corrected chi connectivity index (χ4v) is 7.01. The number of nitrogens with zero attached hydrogens (tertiary/aromatic N) is 8. The fraction of sp³-hybridized carbons (Fsp3) is 0.417. The molecule has 2 N–H and O–H groups in total. The number of rotatable bonds is 8. The Kier molecular flexibility index (Phi) is 9.02. The third-order valence-electron chi connectivity index (χ3n) is 9.82. The monoisotopic (exact) mass is 665 g/mol. The number of likely N-dealkylation sites (tertiary alicyclic amines) is 1. The maximum absolute atomic E-state index is 15.8. The summed E-state index contributed by atoms with van der Waals surface area (Å²) < 4.78 is 28.6. The SMILES string of the molecule is CC(C)(C=C(C#N)C(=O)N1CCCCC1n1nc(-c2ccc(Oc3ccccc3)cc2F)c2c(N)ncnc21)N1CCN(C2COC2)CC1. The minimum atomic E-state index is -0.566. The number of nitrogens with two attached hydrogens (primary N) is 1. The molecule has 0 spiro atoms. The van der Waals surface area contributed by atoms with Crippen LogP contribution in [0.1, 0.15) is 39.3 Å². The first kappa shape index (κ1) is 32.6. The van der Waals surface area contributed by atoms with Gasteiger partial charge < -0.3 is 20.1 Å². The van der Waals surface area contributed by atoms with Crippen LogP contribution in [0.15, 0.2) is 66.5 Å². The Morgan fingerprint density at radius 2 is 1.84 bits per heavy atom. The summed E-state index contributed by atoms with van der Waals surface area (Å²) in [6.07, 6.45) is 4.75. The second-order valence-electron chi connectivity index (χ2n) is 13.3. The van der Waals surface area contributed by atoms with E-state index in [-0.39, 0.29) is 28.6 Å². The van der Waals surface area contributed by atoms with Crippen molar-refractivity contribution in [3.63, 3.8) is 0 Å². The summed E-state index contributed by atoms with van der Waals surface area (Å²) in [5.41, 5.74) is 6.77. The number of amides is 1. The van der Waals surface area contributed by atoms with Crippen molar-refractivity contribution in [3.8, 4) is 28.8 Å². The van der Waals surface area contributed by atoms with Crippen LogP contribution in [-0.4, -0.2) is 97.9 Å². The van der Waals surface area contributed by atoms with Crippen molar-refractivity contribution in [3.05, 3.63) is 72.3 Å². The van der Waals surface area contributed by atoms with E-state index in [9.17, 15) is 10.1 Å². The highest BCUT2D eigenvalue weighted by Crippen LogP contribution is 2.38. The molecule has 0 aliphatic carbocycles. The van der Waals surface area contributed by atoms with Crippen molar-refractivity contribution in [2.24, 2.45) is 0 Å². The lowest BCUT2D eigenvalue weighted by atomic mass is 9.96. The lowest BCUT2D eigenvalue weighted by Gasteiger charge is -2.46. The van der Waals surface area contributed by atoms with Crippen molar-refractivity contribution in [1.82, 2.24) is 34.4 Å². The molecule has 0 bridgehead atoms. The summed E-state index contributed by atoms with van der Waals surface area (Å²) in [4.78, 5) is 29.3. The number of hydrogen-bond donors (Lipinski definition) is 1. The number of halogens is 1. The molecule has 2 aromatic heterocycles. The number of benzene rings is 2. The van der Waals surface area contributed by atoms with Crippen molar-refractivity contribution in [2.45, 2.75) is 50.9 Å². The van der Waals surface area contributed by atoms with E-state index in [4.69, 9.17) is 20.3 Å². The predicted octanol–water partition coefficient (Wildman–Crippen LogP) is 4.76. The van der Waals surface area contributed by atoms with Crippen LogP contribution in [-0.2, 0) is 9.53 Å². The molecule has 254 valence electrons. The summed E-state index contributed by atoms with van der Waals surface area (Å²) in [5, 5.41) is 15.5. The summed E-state index contributed by atoms with van der Waals surface area (Å²) in [7, 11) is 0. The van der Waals surface area contributed by atoms with Gasteiger partial charge >= 0.3 is 0 Å². The highest BCUT2D eigenvalue weighted by atomic mass is 19.1. The normalized spacial score (nSPS) is 19.8. The number of carbonyl (C=O) groups is 1. The van der Waals surface area contributed by atoms with Crippen LogP contribution in [0.2, 0.25) is 0 Å². The third-order valence-corrected chi connectivity index (χ3v) is 9.82. The van der Waals surface area contributed by atoms with E-state index in [1.165, 1.54) is 12.4 Å². The summed E-state index contributed by atoms with van der Waals surface area (Å²) in [6, 6.07) is 16.4. The number of para-hydroxylation sites is 1. The molecule has 4 aromatic rings. The Morgan fingerprint density at radius 3 is 2.53 bits per heavy atom. The van der Waals surface area contributed by atoms with Gasteiger partial charge in [-0.2, -0.15) is 10.4 Å². The molecule has 0 radical (unpaired) electrons. The number of piperazine rings is 1. The lowest BCUT2D eigenvalue weighted by molar-refractivity contribution is -0.132. The molecule has 0 saturated carbocycles. The predicted molar refractivity (Wildman–Crippen MR) is 182 cm³/mol. The number of ether oxygens (including phenoxy) is 2. The minimum absolute atomic E-state index is 0.0811. The smallest absolute Gasteiger partial charge is 0.265 e. The van der Waals surface area contributed by atoms with E-state index < -0.39 is 17.5 Å². The van der Waals surface area contributed by atoms with Gasteiger partial charge in [-0.25, -0.2) is 19.0 Å². The topological polar surface area (TPSA) is 139 Å². The van der Waals surface area contributed by atoms with E-state index >= 15 is 4.39 Å². The molecule has 1 atom stereocenters. The first-order valence-electron chi connectivity index (χ1n) is 16.8. The lowest BCUT2D eigenvalue weighted by Crippen LogP contribution is -2.59. The average molecular weight is 666 g/mol. The molecule has 3 aliphatic rings. The molecule has 3 aliphatic heterocycles. The van der Waals surface area contributed by atoms with Gasteiger partial charge in [0.1, 0.15) is 53.0 Å². The first-order valence-corrected chi connectivity index (χ1v) is 16.8. The molecular weight excluding hydrogens is 625 g/mol. The summed E-state index contributed by atoms with van der Waals surface area (Å²) in [5.74, 6) is 0.136. The van der Waals surface area contributed by atoms with Gasteiger partial charge in [0, 0.05) is 49.9 Å². The van der Waals surface area contributed by atoms with E-state index in [1.807, 2.05) is 32.0 Å². The molecule has 49 heavy (non-hydrogen) atoms. The van der Waals surface area contributed by atoms with E-state index in [0.29, 0.717) is 41.5 Å². The molecule has 3 saturated heterocycles. The van der Waals surface area contributed by atoms with Gasteiger partial charge in [0.15, 0.2) is 5.65 Å². The van der Waals surface area contributed by atoms with Gasteiger partial charge in [0.25, 0.3) is 5.91 Å². The molecule has 1 unspecified atom stereocenters. The average Bonchev–Trinajstić information content (AvgIpc) is 3.47. The van der Waals surface area contributed by atoms with Gasteiger partial charge in [-0.3, -0.25) is 14.6 Å². The molecule has 5 heterocycles. The number of piperidine rings is 1. The zero-order valence-electron chi connectivity index (χ0n) is 27.8. The van der Waals surface area contributed by atoms with Crippen LogP contribution in [0.25, 0.3) is 22.3 Å². The van der Waals surface area contributed by atoms with Crippen LogP contribution in [0.3, 0.4) is 0 Å². The molecule has 2 aromatic carbocycles. The Labute approximate surface area is 284 Å². The maximum Gasteiger partial charge on any atom is 0.265 e. The van der Waals surface area contributed by atoms with E-state index in [2.05, 4.69) is 25.8 Å². The van der Waals surface area contributed by atoms with Crippen LogP contribution in [0, 0.1) is 17.1 Å². The van der Waals surface area contributed by atoms with Crippen molar-refractivity contribution in [2.75, 3.05) is 51.7 Å². The van der Waals surface area contributed by atoms with Gasteiger partial charge in [-0.15, -0.1) is 0 Å². The van der Waals surface area contributed by atoms with Crippen molar-refractivity contribution < 1.29 is 18.7 Å². The van der Waals surface area contributed by atoms with E-state index in [1.54, 1.807) is 39.9 Å². The number of nitriles is 1. The third kappa shape index (κ3) is 6.47. The Hall–Kier alpha value is -4.90. The van der Waals surface area contributed by atoms with Crippen molar-refractivity contribution >= 4 is 22.8 Å². The van der Waals surface area contributed by atoms with Gasteiger partial charge in [-0.05, 0) is 63.5 Å². The summed E-state index contributed by atoms with van der Waals surface area (Å²) in [6.45, 7) is 9.58. The van der Waals surface area contributed by atoms with Crippen LogP contribution >= 0.6 is 0 Å². The standard InChI is InChI=1S/C36H40FN9O3/c1-36(2,44-16-14-43(15-17-44)25-21-48-22-25)19-24(20-38)35(47)45-13-7-6-10-30(45)46-34-31(33(39)40-23-41-34)32(42-46)28-12-11-27(18-29(28)37)49-26-8-4-3-5-9-26/h3-5,8-9,11-12,18-19,23,25,30H,6-7,10,13-17,21-22H2,1-2H3,(H2,39,40,41). The number of anilines is 1. The van der Waals surface area contributed by atoms with Crippen molar-refractivity contribution in [1.29, 1.82) is 5.26 Å². The fourth-order valence-electron chi connectivity index (χ4n) is 7.01. The van der Waals surface area contributed by atoms with Crippen LogP contribution in [0.4, 0.5) is 10.2 Å². The molecule has 12 nitrogen and oxygen atoms in total. The molecule has 13 heteroatoms. The number of carbonyl (C=O) groups excluding carboxylic acids is 1. The first-order chi connectivity index (χ1) is 23.7. The minimum Gasteiger partial charge on any atom is -0.457 e. The van der Waals surface area contributed by atoms with Gasteiger partial charge in [-0.1, -0.05) is 18.2 Å². The molecule has 1 amide bonds. The molecule has 7 rings (SSSR count). The van der Waals surface area contributed by atoms with Gasteiger partial charge in [0.05, 0.1) is 24.6 Å². The van der Waals surface area contributed by atoms with E-state index in [0.717, 1.165) is 52.2 Å². The van der Waals surface area contributed by atoms with Crippen LogP contribution in [0.5, 0.6) is 11.5 Å². The molecule has 3 fully saturated rings. The molecular formula is C36H40FN9O3. The Bertz CT molecular complexity index is 1910. The zero-order valence-corrected chi connectivity index (χ0v) is 27.8. The number of fused-ring (bicyclic) bond motifs is 1. The maximum atomic E-state index is 15.8. The second kappa shape index (κ2) is 13.5. The zero-order chi connectivity index (χ0) is 34.1.